The van der Waals surface area contributed by atoms with Crippen molar-refractivity contribution in [2.24, 2.45) is 0 Å². The summed E-state index contributed by atoms with van der Waals surface area (Å²) in [5.74, 6) is -0.790. The Morgan fingerprint density at radius 3 is 2.62 bits per heavy atom. The van der Waals surface area contributed by atoms with Gasteiger partial charge in [-0.15, -0.1) is 0 Å². The lowest BCUT2D eigenvalue weighted by atomic mass is 9.98. The number of hydrogen-bond acceptors (Lipinski definition) is 6. The Hall–Kier alpha value is -4.74. The maximum absolute atomic E-state index is 15.3. The standard InChI is InChI=1S/C30H31F2N7O3/c1-19-15-37-16-24(22(31)13-25(37)34-19)35-28(40)38-10-9-21-26(23(32)14-33-27(21)38)36-11-12-39(30(2,3)18-36)29(41)42-17-20-7-5-4-6-8-20/h4-8,13-16H,9-12,17-18H2,1-3H3,(H,35,40). The lowest BCUT2D eigenvalue weighted by Gasteiger charge is -2.47. The molecule has 10 nitrogen and oxygen atoms in total. The Balaban J connectivity index is 1.18. The van der Waals surface area contributed by atoms with E-state index in [9.17, 15) is 14.0 Å². The molecule has 0 bridgehead atoms. The number of pyridine rings is 2. The molecule has 0 saturated carbocycles. The highest BCUT2D eigenvalue weighted by atomic mass is 19.1. The van der Waals surface area contributed by atoms with Crippen LogP contribution in [0, 0.1) is 18.6 Å². The number of hydrogen-bond donors (Lipinski definition) is 1. The number of amides is 3. The minimum absolute atomic E-state index is 0.00212. The van der Waals surface area contributed by atoms with Crippen LogP contribution in [0.15, 0.2) is 55.0 Å². The van der Waals surface area contributed by atoms with Crippen molar-refractivity contribution >= 4 is 35.0 Å². The Labute approximate surface area is 241 Å². The quantitative estimate of drug-likeness (QED) is 0.362. The van der Waals surface area contributed by atoms with Crippen molar-refractivity contribution in [2.45, 2.75) is 39.3 Å². The molecule has 2 aliphatic rings. The molecular weight excluding hydrogens is 544 g/mol. The first-order chi connectivity index (χ1) is 20.1. The molecule has 1 fully saturated rings. The molecule has 0 radical (unpaired) electrons. The number of carbonyl (C=O) groups is 2. The SMILES string of the molecule is Cc1cn2cc(NC(=O)N3CCc4c3ncc(F)c4N3CCN(C(=O)OCc4ccccc4)C(C)(C)C3)c(F)cc2n1. The monoisotopic (exact) mass is 575 g/mol. The van der Waals surface area contributed by atoms with Crippen molar-refractivity contribution in [2.75, 3.05) is 41.3 Å². The lowest BCUT2D eigenvalue weighted by molar-refractivity contribution is 0.0514. The minimum atomic E-state index is -0.661. The van der Waals surface area contributed by atoms with Gasteiger partial charge in [0.05, 0.1) is 28.8 Å². The molecule has 3 aromatic heterocycles. The van der Waals surface area contributed by atoms with Gasteiger partial charge in [-0.25, -0.2) is 28.3 Å². The molecule has 1 saturated heterocycles. The van der Waals surface area contributed by atoms with E-state index >= 15 is 4.39 Å². The van der Waals surface area contributed by atoms with Crippen LogP contribution < -0.4 is 15.1 Å². The number of benzene rings is 1. The van der Waals surface area contributed by atoms with Crippen LogP contribution in [0.3, 0.4) is 0 Å². The van der Waals surface area contributed by atoms with Crippen molar-refractivity contribution < 1.29 is 23.1 Å². The second-order valence-electron chi connectivity index (χ2n) is 11.2. The molecule has 4 aromatic rings. The number of anilines is 3. The molecule has 6 rings (SSSR count). The predicted molar refractivity (Wildman–Crippen MR) is 154 cm³/mol. The van der Waals surface area contributed by atoms with Gasteiger partial charge in [-0.2, -0.15) is 0 Å². The van der Waals surface area contributed by atoms with Gasteiger partial charge in [0.15, 0.2) is 11.6 Å². The van der Waals surface area contributed by atoms with Gasteiger partial charge in [0.25, 0.3) is 0 Å². The van der Waals surface area contributed by atoms with Gasteiger partial charge >= 0.3 is 12.1 Å². The molecule has 5 heterocycles. The van der Waals surface area contributed by atoms with Crippen LogP contribution in [0.5, 0.6) is 0 Å². The van der Waals surface area contributed by atoms with Crippen LogP contribution in [0.4, 0.5) is 35.6 Å². The average Bonchev–Trinajstić information content (AvgIpc) is 3.54. The highest BCUT2D eigenvalue weighted by Gasteiger charge is 2.40. The molecule has 12 heteroatoms. The van der Waals surface area contributed by atoms with Crippen LogP contribution in [0.2, 0.25) is 0 Å². The largest absolute Gasteiger partial charge is 0.445 e. The smallest absolute Gasteiger partial charge is 0.410 e. The van der Waals surface area contributed by atoms with Crippen molar-refractivity contribution in [3.8, 4) is 0 Å². The number of halogens is 2. The van der Waals surface area contributed by atoms with E-state index in [0.717, 1.165) is 17.5 Å². The van der Waals surface area contributed by atoms with Gasteiger partial charge in [0.2, 0.25) is 0 Å². The summed E-state index contributed by atoms with van der Waals surface area (Å²) in [7, 11) is 0. The summed E-state index contributed by atoms with van der Waals surface area (Å²) in [6.45, 7) is 7.10. The summed E-state index contributed by atoms with van der Waals surface area (Å²) in [4.78, 5) is 39.6. The fourth-order valence-electron chi connectivity index (χ4n) is 5.73. The molecule has 0 unspecified atom stereocenters. The molecule has 42 heavy (non-hydrogen) atoms. The summed E-state index contributed by atoms with van der Waals surface area (Å²) in [5, 5.41) is 2.62. The zero-order chi connectivity index (χ0) is 29.6. The van der Waals surface area contributed by atoms with E-state index in [1.165, 1.54) is 17.2 Å². The Morgan fingerprint density at radius 1 is 1.07 bits per heavy atom. The number of aromatic nitrogens is 3. The summed E-state index contributed by atoms with van der Waals surface area (Å²) in [5.41, 5.74) is 2.35. The Morgan fingerprint density at radius 2 is 1.86 bits per heavy atom. The molecule has 2 aliphatic heterocycles. The van der Waals surface area contributed by atoms with Crippen LogP contribution in [0.1, 0.15) is 30.7 Å². The summed E-state index contributed by atoms with van der Waals surface area (Å²) in [6.07, 6.45) is 4.26. The fraction of sp³-hybridized carbons (Fsp3) is 0.333. The van der Waals surface area contributed by atoms with Gasteiger partial charge in [-0.1, -0.05) is 30.3 Å². The average molecular weight is 576 g/mol. The van der Waals surface area contributed by atoms with Gasteiger partial charge in [-0.05, 0) is 32.8 Å². The number of imidazole rings is 1. The number of aryl methyl sites for hydroxylation is 1. The molecule has 1 aromatic carbocycles. The lowest BCUT2D eigenvalue weighted by Crippen LogP contribution is -2.61. The third kappa shape index (κ3) is 5.08. The summed E-state index contributed by atoms with van der Waals surface area (Å²) in [6, 6.07) is 10.1. The van der Waals surface area contributed by atoms with Gasteiger partial charge in [0, 0.05) is 50.2 Å². The molecule has 3 amide bonds. The normalized spacial score (nSPS) is 16.1. The third-order valence-electron chi connectivity index (χ3n) is 7.72. The van der Waals surface area contributed by atoms with Gasteiger partial charge < -0.3 is 19.4 Å². The van der Waals surface area contributed by atoms with Crippen molar-refractivity contribution in [1.82, 2.24) is 19.3 Å². The maximum atomic E-state index is 15.3. The number of nitrogens with one attached hydrogen (secondary N) is 1. The minimum Gasteiger partial charge on any atom is -0.445 e. The second-order valence-corrected chi connectivity index (χ2v) is 11.2. The number of carbonyl (C=O) groups excluding carboxylic acids is 2. The van der Waals surface area contributed by atoms with E-state index < -0.39 is 29.3 Å². The van der Waals surface area contributed by atoms with E-state index in [4.69, 9.17) is 4.74 Å². The first-order valence-electron chi connectivity index (χ1n) is 13.7. The predicted octanol–water partition coefficient (Wildman–Crippen LogP) is 5.15. The Kier molecular flexibility index (Phi) is 6.91. The van der Waals surface area contributed by atoms with E-state index in [2.05, 4.69) is 15.3 Å². The van der Waals surface area contributed by atoms with Crippen molar-refractivity contribution in [1.29, 1.82) is 0 Å². The van der Waals surface area contributed by atoms with Crippen molar-refractivity contribution in [3.63, 3.8) is 0 Å². The maximum Gasteiger partial charge on any atom is 0.410 e. The van der Waals surface area contributed by atoms with Crippen LogP contribution in [-0.4, -0.2) is 63.1 Å². The van der Waals surface area contributed by atoms with E-state index in [1.807, 2.05) is 49.1 Å². The third-order valence-corrected chi connectivity index (χ3v) is 7.72. The number of ether oxygens (including phenoxy) is 1. The van der Waals surface area contributed by atoms with E-state index in [-0.39, 0.29) is 18.8 Å². The number of urea groups is 1. The highest BCUT2D eigenvalue weighted by molar-refractivity contribution is 6.03. The molecule has 218 valence electrons. The molecular formula is C30H31F2N7O3. The molecule has 0 atom stereocenters. The van der Waals surface area contributed by atoms with E-state index in [1.54, 1.807) is 22.4 Å². The van der Waals surface area contributed by atoms with Crippen LogP contribution in [0.25, 0.3) is 5.65 Å². The molecule has 0 spiro atoms. The van der Waals surface area contributed by atoms with Crippen molar-refractivity contribution in [3.05, 3.63) is 83.4 Å². The number of nitrogens with zero attached hydrogens (tertiary/aromatic N) is 6. The zero-order valence-corrected chi connectivity index (χ0v) is 23.6. The highest BCUT2D eigenvalue weighted by Crippen LogP contribution is 2.38. The molecule has 1 N–H and O–H groups in total. The van der Waals surface area contributed by atoms with Gasteiger partial charge in [-0.3, -0.25) is 9.80 Å². The van der Waals surface area contributed by atoms with Gasteiger partial charge in [0.1, 0.15) is 18.1 Å². The topological polar surface area (TPSA) is 95.3 Å². The zero-order valence-electron chi connectivity index (χ0n) is 23.6. The first-order valence-corrected chi connectivity index (χ1v) is 13.7. The van der Waals surface area contributed by atoms with Crippen LogP contribution >= 0.6 is 0 Å². The first kappa shape index (κ1) is 27.4. The summed E-state index contributed by atoms with van der Waals surface area (Å²) < 4.78 is 37.3. The summed E-state index contributed by atoms with van der Waals surface area (Å²) >= 11 is 0. The van der Waals surface area contributed by atoms with E-state index in [0.29, 0.717) is 48.8 Å². The van der Waals surface area contributed by atoms with Crippen LogP contribution in [-0.2, 0) is 17.8 Å². The number of fused-ring (bicyclic) bond motifs is 2. The number of rotatable bonds is 4. The second kappa shape index (κ2) is 10.6. The fourth-order valence-corrected chi connectivity index (χ4v) is 5.73. The molecule has 0 aliphatic carbocycles. The Bertz CT molecular complexity index is 1670. The number of piperazine rings is 1.